The topological polar surface area (TPSA) is 55.4 Å². The van der Waals surface area contributed by atoms with Crippen molar-refractivity contribution in [1.82, 2.24) is 9.61 Å². The van der Waals surface area contributed by atoms with Crippen molar-refractivity contribution in [2.75, 3.05) is 17.6 Å². The fourth-order valence-electron chi connectivity index (χ4n) is 1.65. The van der Waals surface area contributed by atoms with Crippen LogP contribution in [0, 0.1) is 13.8 Å². The maximum absolute atomic E-state index is 6.00. The fraction of sp³-hybridized carbons (Fsp3) is 0.364. The van der Waals surface area contributed by atoms with Crippen molar-refractivity contribution in [1.29, 1.82) is 0 Å². The van der Waals surface area contributed by atoms with Gasteiger partial charge in [0.15, 0.2) is 5.82 Å². The third-order valence-electron chi connectivity index (χ3n) is 2.68. The van der Waals surface area contributed by atoms with Crippen LogP contribution in [-0.4, -0.2) is 16.2 Å². The molecule has 15 heavy (non-hydrogen) atoms. The summed E-state index contributed by atoms with van der Waals surface area (Å²) < 4.78 is 1.89. The van der Waals surface area contributed by atoms with Crippen molar-refractivity contribution in [2.24, 2.45) is 0 Å². The summed E-state index contributed by atoms with van der Waals surface area (Å²) in [5.41, 5.74) is 10.0. The second-order valence-corrected chi connectivity index (χ2v) is 3.69. The third-order valence-corrected chi connectivity index (χ3v) is 2.68. The number of pyridine rings is 1. The molecule has 2 rings (SSSR count). The number of hydrogen-bond donors (Lipinski definition) is 2. The van der Waals surface area contributed by atoms with E-state index < -0.39 is 0 Å². The van der Waals surface area contributed by atoms with Crippen molar-refractivity contribution in [3.63, 3.8) is 0 Å². The lowest BCUT2D eigenvalue weighted by Crippen LogP contribution is -2.00. The van der Waals surface area contributed by atoms with Gasteiger partial charge in [-0.2, -0.15) is 0 Å². The van der Waals surface area contributed by atoms with Gasteiger partial charge in [-0.05, 0) is 32.4 Å². The van der Waals surface area contributed by atoms with Gasteiger partial charge < -0.3 is 11.1 Å². The van der Waals surface area contributed by atoms with Crippen LogP contribution in [0.2, 0.25) is 0 Å². The lowest BCUT2D eigenvalue weighted by atomic mass is 10.2. The number of nitrogens with zero attached hydrogens (tertiary/aromatic N) is 2. The number of nitrogens with one attached hydrogen (secondary N) is 1. The molecule has 0 aliphatic rings. The van der Waals surface area contributed by atoms with Gasteiger partial charge in [0.1, 0.15) is 5.69 Å². The minimum atomic E-state index is 0.722. The highest BCUT2D eigenvalue weighted by atomic mass is 15.3. The zero-order valence-corrected chi connectivity index (χ0v) is 9.33. The molecule has 0 saturated carbocycles. The van der Waals surface area contributed by atoms with Crippen molar-refractivity contribution >= 4 is 17.0 Å². The van der Waals surface area contributed by atoms with Gasteiger partial charge in [-0.15, -0.1) is 5.10 Å². The number of anilines is 2. The van der Waals surface area contributed by atoms with Crippen LogP contribution in [0.4, 0.5) is 11.5 Å². The molecule has 0 bridgehead atoms. The average Bonchev–Trinajstić information content (AvgIpc) is 2.52. The molecule has 0 atom stereocenters. The minimum Gasteiger partial charge on any atom is -0.394 e. The van der Waals surface area contributed by atoms with E-state index in [4.69, 9.17) is 5.73 Å². The van der Waals surface area contributed by atoms with E-state index in [0.29, 0.717) is 0 Å². The fourth-order valence-corrected chi connectivity index (χ4v) is 1.65. The molecule has 2 aromatic rings. The molecule has 0 amide bonds. The van der Waals surface area contributed by atoms with Gasteiger partial charge in [-0.25, -0.2) is 4.52 Å². The smallest absolute Gasteiger partial charge is 0.172 e. The quantitative estimate of drug-likeness (QED) is 0.786. The van der Waals surface area contributed by atoms with E-state index in [-0.39, 0.29) is 0 Å². The molecule has 2 heterocycles. The Kier molecular flexibility index (Phi) is 2.26. The zero-order chi connectivity index (χ0) is 11.0. The lowest BCUT2D eigenvalue weighted by Gasteiger charge is -2.01. The predicted molar refractivity (Wildman–Crippen MR) is 63.2 cm³/mol. The van der Waals surface area contributed by atoms with E-state index in [1.54, 1.807) is 0 Å². The number of nitrogen functional groups attached to an aromatic ring is 1. The van der Waals surface area contributed by atoms with E-state index >= 15 is 0 Å². The molecule has 2 aromatic heterocycles. The average molecular weight is 204 g/mol. The van der Waals surface area contributed by atoms with E-state index in [0.717, 1.165) is 29.3 Å². The third kappa shape index (κ3) is 1.42. The summed E-state index contributed by atoms with van der Waals surface area (Å²) in [4.78, 5) is 0. The summed E-state index contributed by atoms with van der Waals surface area (Å²) >= 11 is 0. The molecule has 3 N–H and O–H groups in total. The number of nitrogens with two attached hydrogens (primary N) is 1. The Bertz CT molecular complexity index is 499. The van der Waals surface area contributed by atoms with Gasteiger partial charge in [-0.3, -0.25) is 0 Å². The molecule has 4 heteroatoms. The van der Waals surface area contributed by atoms with Crippen LogP contribution >= 0.6 is 0 Å². The van der Waals surface area contributed by atoms with Gasteiger partial charge in [0.2, 0.25) is 0 Å². The standard InChI is InChI=1S/C11H16N4/c1-4-13-11-10(12)9-6-5-7(2)8(3)15(9)14-11/h5-6H,4,12H2,1-3H3,(H,13,14). The van der Waals surface area contributed by atoms with Gasteiger partial charge in [0.25, 0.3) is 0 Å². The first-order valence-corrected chi connectivity index (χ1v) is 5.13. The summed E-state index contributed by atoms with van der Waals surface area (Å²) in [5, 5.41) is 7.60. The molecular weight excluding hydrogens is 188 g/mol. The highest BCUT2D eigenvalue weighted by molar-refractivity contribution is 5.81. The summed E-state index contributed by atoms with van der Waals surface area (Å²) in [5.74, 6) is 0.770. The summed E-state index contributed by atoms with van der Waals surface area (Å²) in [6.45, 7) is 6.97. The Morgan fingerprint density at radius 3 is 2.80 bits per heavy atom. The van der Waals surface area contributed by atoms with Crippen LogP contribution in [0.5, 0.6) is 0 Å². The number of fused-ring (bicyclic) bond motifs is 1. The monoisotopic (exact) mass is 204 g/mol. The molecule has 0 saturated heterocycles. The van der Waals surface area contributed by atoms with Crippen LogP contribution in [0.3, 0.4) is 0 Å². The van der Waals surface area contributed by atoms with E-state index in [1.807, 2.05) is 24.4 Å². The second-order valence-electron chi connectivity index (χ2n) is 3.69. The molecular formula is C11H16N4. The molecule has 0 spiro atoms. The molecule has 0 aliphatic heterocycles. The number of aryl methyl sites for hydroxylation is 2. The SMILES string of the molecule is CCNc1nn2c(C)c(C)ccc2c1N. The number of aromatic nitrogens is 2. The Morgan fingerprint density at radius 1 is 1.40 bits per heavy atom. The molecule has 0 aliphatic carbocycles. The van der Waals surface area contributed by atoms with Crippen molar-refractivity contribution in [3.8, 4) is 0 Å². The van der Waals surface area contributed by atoms with Gasteiger partial charge in [0.05, 0.1) is 5.52 Å². The summed E-state index contributed by atoms with van der Waals surface area (Å²) in [6.07, 6.45) is 0. The molecule has 80 valence electrons. The molecule has 0 fully saturated rings. The van der Waals surface area contributed by atoms with Crippen LogP contribution < -0.4 is 11.1 Å². The Hall–Kier alpha value is -1.71. The largest absolute Gasteiger partial charge is 0.394 e. The zero-order valence-electron chi connectivity index (χ0n) is 9.33. The van der Waals surface area contributed by atoms with Gasteiger partial charge in [-0.1, -0.05) is 6.07 Å². The number of rotatable bonds is 2. The molecule has 0 aromatic carbocycles. The van der Waals surface area contributed by atoms with Crippen LogP contribution in [0.15, 0.2) is 12.1 Å². The second kappa shape index (κ2) is 3.46. The molecule has 0 radical (unpaired) electrons. The maximum atomic E-state index is 6.00. The lowest BCUT2D eigenvalue weighted by molar-refractivity contribution is 0.900. The Morgan fingerprint density at radius 2 is 2.13 bits per heavy atom. The Labute approximate surface area is 89.1 Å². The van der Waals surface area contributed by atoms with Crippen molar-refractivity contribution < 1.29 is 0 Å². The summed E-state index contributed by atoms with van der Waals surface area (Å²) in [6, 6.07) is 4.07. The van der Waals surface area contributed by atoms with Crippen molar-refractivity contribution in [3.05, 3.63) is 23.4 Å². The predicted octanol–water partition coefficient (Wildman–Crippen LogP) is 1.97. The van der Waals surface area contributed by atoms with E-state index in [2.05, 4.69) is 23.4 Å². The maximum Gasteiger partial charge on any atom is 0.172 e. The first kappa shape index (κ1) is 9.83. The van der Waals surface area contributed by atoms with E-state index in [9.17, 15) is 0 Å². The van der Waals surface area contributed by atoms with Crippen LogP contribution in [0.25, 0.3) is 5.52 Å². The highest BCUT2D eigenvalue weighted by Crippen LogP contribution is 2.24. The normalized spacial score (nSPS) is 10.9. The highest BCUT2D eigenvalue weighted by Gasteiger charge is 2.10. The van der Waals surface area contributed by atoms with Gasteiger partial charge >= 0.3 is 0 Å². The van der Waals surface area contributed by atoms with Crippen LogP contribution in [0.1, 0.15) is 18.2 Å². The molecule has 0 unspecified atom stereocenters. The van der Waals surface area contributed by atoms with E-state index in [1.165, 1.54) is 5.56 Å². The molecule has 4 nitrogen and oxygen atoms in total. The van der Waals surface area contributed by atoms with Crippen LogP contribution in [-0.2, 0) is 0 Å². The van der Waals surface area contributed by atoms with Crippen molar-refractivity contribution in [2.45, 2.75) is 20.8 Å². The first-order chi connectivity index (χ1) is 7.15. The Balaban J connectivity index is 2.70. The first-order valence-electron chi connectivity index (χ1n) is 5.13. The van der Waals surface area contributed by atoms with Gasteiger partial charge in [0, 0.05) is 12.2 Å². The summed E-state index contributed by atoms with van der Waals surface area (Å²) in [7, 11) is 0. The minimum absolute atomic E-state index is 0.722. The number of hydrogen-bond acceptors (Lipinski definition) is 3.